The number of carbonyl (C=O) groups excluding carboxylic acids is 1. The van der Waals surface area contributed by atoms with Crippen molar-refractivity contribution in [2.24, 2.45) is 0 Å². The highest BCUT2D eigenvalue weighted by molar-refractivity contribution is 7.91. The molecule has 0 bridgehead atoms. The van der Waals surface area contributed by atoms with Crippen molar-refractivity contribution in [3.05, 3.63) is 34.9 Å². The van der Waals surface area contributed by atoms with E-state index in [4.69, 9.17) is 0 Å². The molecule has 0 unspecified atom stereocenters. The first-order valence-electron chi connectivity index (χ1n) is 6.88. The molecule has 1 N–H and O–H groups in total. The van der Waals surface area contributed by atoms with Gasteiger partial charge in [-0.25, -0.2) is 8.42 Å². The van der Waals surface area contributed by atoms with Crippen LogP contribution in [0.25, 0.3) is 0 Å². The van der Waals surface area contributed by atoms with Crippen molar-refractivity contribution in [3.8, 4) is 0 Å². The Labute approximate surface area is 118 Å². The summed E-state index contributed by atoms with van der Waals surface area (Å²) in [5.74, 6) is 0.128. The number of nitrogens with one attached hydrogen (secondary N) is 1. The van der Waals surface area contributed by atoms with Gasteiger partial charge in [-0.15, -0.1) is 0 Å². The smallest absolute Gasteiger partial charge is 0.254 e. The lowest BCUT2D eigenvalue weighted by Crippen LogP contribution is -2.44. The van der Waals surface area contributed by atoms with Crippen molar-refractivity contribution in [1.29, 1.82) is 0 Å². The highest BCUT2D eigenvalue weighted by Crippen LogP contribution is 2.21. The van der Waals surface area contributed by atoms with Crippen LogP contribution in [0.1, 0.15) is 21.5 Å². The van der Waals surface area contributed by atoms with Crippen LogP contribution in [0.4, 0.5) is 0 Å². The predicted molar refractivity (Wildman–Crippen MR) is 76.4 cm³/mol. The molecule has 1 fully saturated rings. The first kappa shape index (κ1) is 13.6. The van der Waals surface area contributed by atoms with Crippen molar-refractivity contribution in [3.63, 3.8) is 0 Å². The number of hydrogen-bond donors (Lipinski definition) is 1. The van der Waals surface area contributed by atoms with Crippen molar-refractivity contribution in [2.75, 3.05) is 31.1 Å². The number of rotatable bonds is 1. The molecule has 2 aliphatic heterocycles. The highest BCUT2D eigenvalue weighted by atomic mass is 32.2. The fraction of sp³-hybridized carbons (Fsp3) is 0.500. The first-order valence-corrected chi connectivity index (χ1v) is 8.70. The van der Waals surface area contributed by atoms with E-state index >= 15 is 0 Å². The van der Waals surface area contributed by atoms with Gasteiger partial charge in [0.1, 0.15) is 0 Å². The van der Waals surface area contributed by atoms with Crippen LogP contribution in [0.5, 0.6) is 0 Å². The SMILES string of the molecule is O=C(c1cccc2c1CCNC2)N1CCS(=O)(=O)CC1. The maximum absolute atomic E-state index is 12.6. The number of benzene rings is 1. The minimum Gasteiger partial charge on any atom is -0.337 e. The molecule has 6 heteroatoms. The molecular formula is C14H18N2O3S. The molecule has 1 aromatic carbocycles. The highest BCUT2D eigenvalue weighted by Gasteiger charge is 2.27. The summed E-state index contributed by atoms with van der Waals surface area (Å²) in [6.07, 6.45) is 0.851. The zero-order valence-electron chi connectivity index (χ0n) is 11.3. The van der Waals surface area contributed by atoms with E-state index in [1.807, 2.05) is 18.2 Å². The van der Waals surface area contributed by atoms with E-state index in [2.05, 4.69) is 5.32 Å². The van der Waals surface area contributed by atoms with Gasteiger partial charge in [0, 0.05) is 25.2 Å². The molecule has 1 saturated heterocycles. The molecule has 2 aliphatic rings. The molecule has 1 amide bonds. The van der Waals surface area contributed by atoms with Crippen LogP contribution in [-0.2, 0) is 22.8 Å². The molecule has 3 rings (SSSR count). The lowest BCUT2D eigenvalue weighted by atomic mass is 9.95. The van der Waals surface area contributed by atoms with Gasteiger partial charge >= 0.3 is 0 Å². The zero-order valence-corrected chi connectivity index (χ0v) is 12.1. The number of sulfone groups is 1. The minimum atomic E-state index is -2.95. The van der Waals surface area contributed by atoms with Crippen LogP contribution in [0.3, 0.4) is 0 Å². The van der Waals surface area contributed by atoms with E-state index < -0.39 is 9.84 Å². The number of hydrogen-bond acceptors (Lipinski definition) is 4. The molecule has 2 heterocycles. The molecule has 0 saturated carbocycles. The third-order valence-corrected chi connectivity index (χ3v) is 5.61. The summed E-state index contributed by atoms with van der Waals surface area (Å²) in [5, 5.41) is 3.29. The van der Waals surface area contributed by atoms with Crippen molar-refractivity contribution < 1.29 is 13.2 Å². The largest absolute Gasteiger partial charge is 0.337 e. The molecule has 0 aliphatic carbocycles. The van der Waals surface area contributed by atoms with E-state index in [1.165, 1.54) is 5.56 Å². The van der Waals surface area contributed by atoms with E-state index in [0.717, 1.165) is 30.6 Å². The summed E-state index contributed by atoms with van der Waals surface area (Å²) in [5.41, 5.74) is 3.03. The molecule has 108 valence electrons. The average molecular weight is 294 g/mol. The Hall–Kier alpha value is -1.40. The molecular weight excluding hydrogens is 276 g/mol. The van der Waals surface area contributed by atoms with Gasteiger partial charge in [0.05, 0.1) is 11.5 Å². The second-order valence-electron chi connectivity index (χ2n) is 5.31. The molecule has 1 aromatic rings. The van der Waals surface area contributed by atoms with Gasteiger partial charge in [0.25, 0.3) is 5.91 Å². The first-order chi connectivity index (χ1) is 9.57. The Bertz CT molecular complexity index is 626. The maximum atomic E-state index is 12.6. The second-order valence-corrected chi connectivity index (χ2v) is 7.62. The third-order valence-electron chi connectivity index (χ3n) is 4.00. The van der Waals surface area contributed by atoms with Gasteiger partial charge in [-0.2, -0.15) is 0 Å². The molecule has 0 aromatic heterocycles. The van der Waals surface area contributed by atoms with Crippen LogP contribution < -0.4 is 5.32 Å². The Balaban J connectivity index is 1.85. The fourth-order valence-corrected chi connectivity index (χ4v) is 4.02. The van der Waals surface area contributed by atoms with Crippen LogP contribution in [0.15, 0.2) is 18.2 Å². The normalized spacial score (nSPS) is 21.3. The monoisotopic (exact) mass is 294 g/mol. The molecule has 0 spiro atoms. The summed E-state index contributed by atoms with van der Waals surface area (Å²) in [6.45, 7) is 2.29. The molecule has 20 heavy (non-hydrogen) atoms. The lowest BCUT2D eigenvalue weighted by molar-refractivity contribution is 0.0769. The lowest BCUT2D eigenvalue weighted by Gasteiger charge is -2.28. The van der Waals surface area contributed by atoms with Crippen molar-refractivity contribution in [2.45, 2.75) is 13.0 Å². The van der Waals surface area contributed by atoms with Gasteiger partial charge in [0.15, 0.2) is 9.84 Å². The van der Waals surface area contributed by atoms with Gasteiger partial charge in [-0.3, -0.25) is 4.79 Å². The van der Waals surface area contributed by atoms with Crippen LogP contribution in [-0.4, -0.2) is 50.4 Å². The standard InChI is InChI=1S/C14H18N2O3S/c17-14(16-6-8-20(18,19)9-7-16)13-3-1-2-11-10-15-5-4-12(11)13/h1-3,15H,4-10H2. The quantitative estimate of drug-likeness (QED) is 0.804. The van der Waals surface area contributed by atoms with Crippen LogP contribution >= 0.6 is 0 Å². The third kappa shape index (κ3) is 2.58. The van der Waals surface area contributed by atoms with E-state index in [1.54, 1.807) is 4.90 Å². The van der Waals surface area contributed by atoms with Gasteiger partial charge in [-0.1, -0.05) is 12.1 Å². The summed E-state index contributed by atoms with van der Waals surface area (Å²) in [7, 11) is -2.95. The number of nitrogens with zero attached hydrogens (tertiary/aromatic N) is 1. The van der Waals surface area contributed by atoms with Gasteiger partial charge in [-0.05, 0) is 30.2 Å². The summed E-state index contributed by atoms with van der Waals surface area (Å²) >= 11 is 0. The predicted octanol–water partition coefficient (Wildman–Crippen LogP) is 0.203. The summed E-state index contributed by atoms with van der Waals surface area (Å²) in [4.78, 5) is 14.3. The van der Waals surface area contributed by atoms with Crippen molar-refractivity contribution >= 4 is 15.7 Å². The number of carbonyl (C=O) groups is 1. The Morgan fingerprint density at radius 1 is 1.20 bits per heavy atom. The fourth-order valence-electron chi connectivity index (χ4n) is 2.82. The summed E-state index contributed by atoms with van der Waals surface area (Å²) in [6, 6.07) is 5.80. The second kappa shape index (κ2) is 5.18. The minimum absolute atomic E-state index is 0.0290. The molecule has 0 atom stereocenters. The number of amides is 1. The Kier molecular flexibility index (Phi) is 3.52. The van der Waals surface area contributed by atoms with Crippen LogP contribution in [0.2, 0.25) is 0 Å². The molecule has 0 radical (unpaired) electrons. The zero-order chi connectivity index (χ0) is 14.2. The average Bonchev–Trinajstić information content (AvgIpc) is 2.46. The van der Waals surface area contributed by atoms with Gasteiger partial charge in [0.2, 0.25) is 0 Å². The molecule has 5 nitrogen and oxygen atoms in total. The van der Waals surface area contributed by atoms with E-state index in [0.29, 0.717) is 13.1 Å². The van der Waals surface area contributed by atoms with Crippen LogP contribution in [0, 0.1) is 0 Å². The maximum Gasteiger partial charge on any atom is 0.254 e. The van der Waals surface area contributed by atoms with Gasteiger partial charge < -0.3 is 10.2 Å². The number of fused-ring (bicyclic) bond motifs is 1. The summed E-state index contributed by atoms with van der Waals surface area (Å²) < 4.78 is 22.9. The van der Waals surface area contributed by atoms with E-state index in [9.17, 15) is 13.2 Å². The van der Waals surface area contributed by atoms with Crippen molar-refractivity contribution in [1.82, 2.24) is 10.2 Å². The van der Waals surface area contributed by atoms with E-state index in [-0.39, 0.29) is 17.4 Å². The Morgan fingerprint density at radius 3 is 2.70 bits per heavy atom. The Morgan fingerprint density at radius 2 is 1.95 bits per heavy atom. The topological polar surface area (TPSA) is 66.5 Å².